The lowest BCUT2D eigenvalue weighted by atomic mass is 10.2. The molecule has 1 heterocycles. The Morgan fingerprint density at radius 3 is 2.35 bits per heavy atom. The van der Waals surface area contributed by atoms with Crippen molar-refractivity contribution in [1.82, 2.24) is 10.2 Å². The van der Waals surface area contributed by atoms with Crippen molar-refractivity contribution in [2.75, 3.05) is 44.2 Å². The Morgan fingerprint density at radius 1 is 0.962 bits per heavy atom. The second-order valence-electron chi connectivity index (χ2n) is 6.40. The van der Waals surface area contributed by atoms with E-state index in [1.54, 1.807) is 6.07 Å². The molecule has 0 aliphatic carbocycles. The maximum Gasteiger partial charge on any atom is 0.251 e. The van der Waals surface area contributed by atoms with E-state index in [9.17, 15) is 13.6 Å². The summed E-state index contributed by atoms with van der Waals surface area (Å²) in [5.74, 6) is -0.713. The molecule has 6 heteroatoms. The summed E-state index contributed by atoms with van der Waals surface area (Å²) in [6.45, 7) is 4.80. The number of carbonyl (C=O) groups excluding carboxylic acids is 1. The van der Waals surface area contributed by atoms with Crippen LogP contribution in [-0.2, 0) is 0 Å². The van der Waals surface area contributed by atoms with Crippen LogP contribution in [0.15, 0.2) is 48.5 Å². The third-order valence-corrected chi connectivity index (χ3v) is 4.61. The Bertz CT molecular complexity index is 728. The second kappa shape index (κ2) is 8.76. The molecule has 1 aliphatic rings. The standard InChI is InChI=1S/C20H23F2N3O/c21-17-8-6-16(7-9-17)20(26)23-10-3-11-24-12-14-25(15-13-24)19-5-2-1-4-18(19)22/h1-2,4-9H,3,10-15H2,(H,23,26). The Labute approximate surface area is 152 Å². The first kappa shape index (κ1) is 18.3. The van der Waals surface area contributed by atoms with Crippen LogP contribution in [0.3, 0.4) is 0 Å². The van der Waals surface area contributed by atoms with E-state index >= 15 is 0 Å². The summed E-state index contributed by atoms with van der Waals surface area (Å²) in [5.41, 5.74) is 1.13. The predicted molar refractivity (Wildman–Crippen MR) is 98.4 cm³/mol. The van der Waals surface area contributed by atoms with Gasteiger partial charge >= 0.3 is 0 Å². The zero-order valence-electron chi connectivity index (χ0n) is 14.6. The van der Waals surface area contributed by atoms with Gasteiger partial charge in [0.1, 0.15) is 11.6 Å². The fourth-order valence-corrected chi connectivity index (χ4v) is 3.13. The first-order chi connectivity index (χ1) is 12.6. The zero-order valence-corrected chi connectivity index (χ0v) is 14.6. The predicted octanol–water partition coefficient (Wildman–Crippen LogP) is 2.91. The zero-order chi connectivity index (χ0) is 18.4. The van der Waals surface area contributed by atoms with E-state index in [4.69, 9.17) is 0 Å². The summed E-state index contributed by atoms with van der Waals surface area (Å²) in [6.07, 6.45) is 0.840. The van der Waals surface area contributed by atoms with Crippen LogP contribution in [0.4, 0.5) is 14.5 Å². The summed E-state index contributed by atoms with van der Waals surface area (Å²) in [5, 5.41) is 2.85. The molecule has 0 aromatic heterocycles. The van der Waals surface area contributed by atoms with Gasteiger partial charge in [0.05, 0.1) is 5.69 Å². The van der Waals surface area contributed by atoms with Crippen molar-refractivity contribution >= 4 is 11.6 Å². The highest BCUT2D eigenvalue weighted by Gasteiger charge is 2.18. The van der Waals surface area contributed by atoms with Crippen LogP contribution in [0.5, 0.6) is 0 Å². The number of amides is 1. The van der Waals surface area contributed by atoms with Gasteiger partial charge in [-0.2, -0.15) is 0 Å². The molecule has 1 saturated heterocycles. The first-order valence-corrected chi connectivity index (χ1v) is 8.89. The molecule has 1 N–H and O–H groups in total. The monoisotopic (exact) mass is 359 g/mol. The Kier molecular flexibility index (Phi) is 6.17. The van der Waals surface area contributed by atoms with Crippen molar-refractivity contribution in [3.63, 3.8) is 0 Å². The highest BCUT2D eigenvalue weighted by Crippen LogP contribution is 2.20. The number of piperazine rings is 1. The number of nitrogens with one attached hydrogen (secondary N) is 1. The third-order valence-electron chi connectivity index (χ3n) is 4.61. The number of carbonyl (C=O) groups is 1. The molecule has 3 rings (SSSR count). The lowest BCUT2D eigenvalue weighted by Crippen LogP contribution is -2.47. The quantitative estimate of drug-likeness (QED) is 0.806. The van der Waals surface area contributed by atoms with E-state index in [-0.39, 0.29) is 17.5 Å². The molecule has 0 unspecified atom stereocenters. The fourth-order valence-electron chi connectivity index (χ4n) is 3.13. The normalized spacial score (nSPS) is 15.1. The van der Waals surface area contributed by atoms with Gasteiger partial charge in [-0.3, -0.25) is 9.69 Å². The van der Waals surface area contributed by atoms with Crippen LogP contribution in [0.2, 0.25) is 0 Å². The summed E-state index contributed by atoms with van der Waals surface area (Å²) < 4.78 is 26.7. The van der Waals surface area contributed by atoms with E-state index in [0.717, 1.165) is 39.1 Å². The topological polar surface area (TPSA) is 35.6 Å². The van der Waals surface area contributed by atoms with Gasteiger partial charge in [-0.05, 0) is 49.4 Å². The molecule has 0 atom stereocenters. The van der Waals surface area contributed by atoms with E-state index < -0.39 is 0 Å². The first-order valence-electron chi connectivity index (χ1n) is 8.89. The highest BCUT2D eigenvalue weighted by atomic mass is 19.1. The van der Waals surface area contributed by atoms with Gasteiger partial charge in [0.25, 0.3) is 5.91 Å². The molecule has 2 aromatic rings. The van der Waals surface area contributed by atoms with Gasteiger partial charge in [0.15, 0.2) is 0 Å². The fraction of sp³-hybridized carbons (Fsp3) is 0.350. The summed E-state index contributed by atoms with van der Waals surface area (Å²) in [6, 6.07) is 12.4. The number of hydrogen-bond acceptors (Lipinski definition) is 3. The van der Waals surface area contributed by atoms with Crippen LogP contribution in [0.1, 0.15) is 16.8 Å². The minimum absolute atomic E-state index is 0.176. The molecule has 0 bridgehead atoms. The van der Waals surface area contributed by atoms with Gasteiger partial charge in [0.2, 0.25) is 0 Å². The van der Waals surface area contributed by atoms with Gasteiger partial charge in [0, 0.05) is 38.3 Å². The van der Waals surface area contributed by atoms with Gasteiger partial charge in [-0.25, -0.2) is 8.78 Å². The van der Waals surface area contributed by atoms with Crippen LogP contribution in [0, 0.1) is 11.6 Å². The smallest absolute Gasteiger partial charge is 0.251 e. The number of anilines is 1. The molecule has 1 amide bonds. The van der Waals surface area contributed by atoms with Crippen molar-refractivity contribution in [2.45, 2.75) is 6.42 Å². The van der Waals surface area contributed by atoms with Crippen LogP contribution < -0.4 is 10.2 Å². The minimum Gasteiger partial charge on any atom is -0.367 e. The van der Waals surface area contributed by atoms with E-state index in [2.05, 4.69) is 15.1 Å². The van der Waals surface area contributed by atoms with Crippen molar-refractivity contribution in [3.8, 4) is 0 Å². The molecule has 0 saturated carbocycles. The van der Waals surface area contributed by atoms with Crippen LogP contribution >= 0.6 is 0 Å². The number of benzene rings is 2. The maximum absolute atomic E-state index is 13.8. The molecule has 4 nitrogen and oxygen atoms in total. The Hall–Kier alpha value is -2.47. The largest absolute Gasteiger partial charge is 0.367 e. The van der Waals surface area contributed by atoms with E-state index in [1.807, 2.05) is 12.1 Å². The molecule has 138 valence electrons. The molecule has 2 aromatic carbocycles. The summed E-state index contributed by atoms with van der Waals surface area (Å²) in [4.78, 5) is 16.3. The van der Waals surface area contributed by atoms with Crippen molar-refractivity contribution in [3.05, 3.63) is 65.7 Å². The third kappa shape index (κ3) is 4.79. The second-order valence-corrected chi connectivity index (χ2v) is 6.40. The number of rotatable bonds is 6. The van der Waals surface area contributed by atoms with Gasteiger partial charge in [-0.15, -0.1) is 0 Å². The van der Waals surface area contributed by atoms with Crippen molar-refractivity contribution in [1.29, 1.82) is 0 Å². The summed E-state index contributed by atoms with van der Waals surface area (Å²) >= 11 is 0. The Morgan fingerprint density at radius 2 is 1.65 bits per heavy atom. The molecular weight excluding hydrogens is 336 g/mol. The van der Waals surface area contributed by atoms with Gasteiger partial charge in [-0.1, -0.05) is 12.1 Å². The average Bonchev–Trinajstić information content (AvgIpc) is 2.67. The molecule has 0 spiro atoms. The molecule has 26 heavy (non-hydrogen) atoms. The molecule has 1 fully saturated rings. The number of hydrogen-bond donors (Lipinski definition) is 1. The number of para-hydroxylation sites is 1. The number of nitrogens with zero attached hydrogens (tertiary/aromatic N) is 2. The van der Waals surface area contributed by atoms with E-state index in [1.165, 1.54) is 30.3 Å². The van der Waals surface area contributed by atoms with Crippen LogP contribution in [0.25, 0.3) is 0 Å². The SMILES string of the molecule is O=C(NCCCN1CCN(c2ccccc2F)CC1)c1ccc(F)cc1. The summed E-state index contributed by atoms with van der Waals surface area (Å²) in [7, 11) is 0. The number of halogens is 2. The lowest BCUT2D eigenvalue weighted by molar-refractivity contribution is 0.0951. The molecule has 1 aliphatic heterocycles. The average molecular weight is 359 g/mol. The minimum atomic E-state index is -0.351. The van der Waals surface area contributed by atoms with Crippen molar-refractivity contribution in [2.24, 2.45) is 0 Å². The Balaban J connectivity index is 1.36. The van der Waals surface area contributed by atoms with Gasteiger partial charge < -0.3 is 10.2 Å². The van der Waals surface area contributed by atoms with Crippen LogP contribution in [-0.4, -0.2) is 50.1 Å². The lowest BCUT2D eigenvalue weighted by Gasteiger charge is -2.36. The van der Waals surface area contributed by atoms with Crippen molar-refractivity contribution < 1.29 is 13.6 Å². The highest BCUT2D eigenvalue weighted by molar-refractivity contribution is 5.94. The molecular formula is C20H23F2N3O. The van der Waals surface area contributed by atoms with E-state index in [0.29, 0.717) is 17.8 Å². The maximum atomic E-state index is 13.8. The molecule has 0 radical (unpaired) electrons.